The van der Waals surface area contributed by atoms with Gasteiger partial charge in [0.1, 0.15) is 4.90 Å². The first-order valence-corrected chi connectivity index (χ1v) is 12.1. The lowest BCUT2D eigenvalue weighted by atomic mass is 10.0. The van der Waals surface area contributed by atoms with E-state index in [1.807, 2.05) is 30.3 Å². The van der Waals surface area contributed by atoms with Crippen LogP contribution in [0.4, 0.5) is 17.1 Å². The van der Waals surface area contributed by atoms with Gasteiger partial charge in [0.2, 0.25) is 0 Å². The average molecular weight is 508 g/mol. The topological polar surface area (TPSA) is 127 Å². The molecule has 4 rings (SSSR count). The fraction of sp³-hybridized carbons (Fsp3) is 0. The molecule has 2 N–H and O–H groups in total. The van der Waals surface area contributed by atoms with Crippen molar-refractivity contribution in [2.24, 2.45) is 5.10 Å². The van der Waals surface area contributed by atoms with E-state index in [0.29, 0.717) is 5.71 Å². The van der Waals surface area contributed by atoms with Gasteiger partial charge in [-0.25, -0.2) is 8.42 Å². The van der Waals surface area contributed by atoms with Crippen LogP contribution >= 0.6 is 11.6 Å². The third kappa shape index (κ3) is 5.62. The molecule has 35 heavy (non-hydrogen) atoms. The van der Waals surface area contributed by atoms with Gasteiger partial charge in [-0.1, -0.05) is 54.1 Å². The molecule has 4 aromatic rings. The summed E-state index contributed by atoms with van der Waals surface area (Å²) in [5, 5.41) is 16.0. The third-order valence-electron chi connectivity index (χ3n) is 4.87. The normalized spacial score (nSPS) is 11.6. The minimum Gasteiger partial charge on any atom is -0.278 e. The number of anilines is 2. The van der Waals surface area contributed by atoms with E-state index in [0.717, 1.165) is 17.2 Å². The Morgan fingerprint density at radius 2 is 1.54 bits per heavy atom. The van der Waals surface area contributed by atoms with Gasteiger partial charge in [0, 0.05) is 35.7 Å². The molecule has 0 fully saturated rings. The molecular weight excluding hydrogens is 490 g/mol. The van der Waals surface area contributed by atoms with Crippen LogP contribution in [0.15, 0.2) is 107 Å². The van der Waals surface area contributed by atoms with Crippen LogP contribution in [-0.2, 0) is 10.0 Å². The maximum atomic E-state index is 13.2. The first-order valence-electron chi connectivity index (χ1n) is 10.2. The minimum absolute atomic E-state index is 0.0395. The SMILES string of the molecule is O=[N+]([O-])c1ccc(NN=C(c2ccccc2)c2ccncc2)c(S(=O)(=O)Nc2ccccc2Cl)c1. The molecule has 0 atom stereocenters. The van der Waals surface area contributed by atoms with Crippen LogP contribution in [0.1, 0.15) is 11.1 Å². The van der Waals surface area contributed by atoms with Gasteiger partial charge in [0.15, 0.2) is 0 Å². The zero-order valence-corrected chi connectivity index (χ0v) is 19.6. The summed E-state index contributed by atoms with van der Waals surface area (Å²) < 4.78 is 28.9. The molecule has 0 spiro atoms. The van der Waals surface area contributed by atoms with Crippen LogP contribution in [0.2, 0.25) is 5.02 Å². The highest BCUT2D eigenvalue weighted by molar-refractivity contribution is 7.93. The summed E-state index contributed by atoms with van der Waals surface area (Å²) in [7, 11) is -4.28. The number of nitrogens with one attached hydrogen (secondary N) is 2. The number of hydrazone groups is 1. The molecule has 3 aromatic carbocycles. The summed E-state index contributed by atoms with van der Waals surface area (Å²) in [6.07, 6.45) is 3.23. The highest BCUT2D eigenvalue weighted by Gasteiger charge is 2.23. The Morgan fingerprint density at radius 3 is 2.23 bits per heavy atom. The number of nitro benzene ring substituents is 1. The van der Waals surface area contributed by atoms with Crippen molar-refractivity contribution in [2.45, 2.75) is 4.90 Å². The smallest absolute Gasteiger partial charge is 0.270 e. The Labute approximate surface area is 206 Å². The van der Waals surface area contributed by atoms with Crippen LogP contribution in [0, 0.1) is 10.1 Å². The molecule has 0 amide bonds. The number of nitro groups is 1. The van der Waals surface area contributed by atoms with Crippen molar-refractivity contribution in [1.82, 2.24) is 4.98 Å². The van der Waals surface area contributed by atoms with E-state index >= 15 is 0 Å². The Kier molecular flexibility index (Phi) is 7.04. The summed E-state index contributed by atoms with van der Waals surface area (Å²) in [6.45, 7) is 0. The molecular formula is C24H18ClN5O4S. The number of nitrogens with zero attached hydrogens (tertiary/aromatic N) is 3. The number of sulfonamides is 1. The largest absolute Gasteiger partial charge is 0.278 e. The first kappa shape index (κ1) is 23.9. The van der Waals surface area contributed by atoms with Gasteiger partial charge < -0.3 is 0 Å². The fourth-order valence-electron chi connectivity index (χ4n) is 3.20. The van der Waals surface area contributed by atoms with Crippen molar-refractivity contribution in [3.8, 4) is 0 Å². The van der Waals surface area contributed by atoms with E-state index < -0.39 is 20.6 Å². The van der Waals surface area contributed by atoms with Crippen LogP contribution in [-0.4, -0.2) is 24.0 Å². The molecule has 176 valence electrons. The predicted octanol–water partition coefficient (Wildman–Crippen LogP) is 5.31. The predicted molar refractivity (Wildman–Crippen MR) is 135 cm³/mol. The molecule has 0 radical (unpaired) electrons. The summed E-state index contributed by atoms with van der Waals surface area (Å²) >= 11 is 6.10. The van der Waals surface area contributed by atoms with Crippen molar-refractivity contribution < 1.29 is 13.3 Å². The van der Waals surface area contributed by atoms with Crippen LogP contribution in [0.3, 0.4) is 0 Å². The van der Waals surface area contributed by atoms with Crippen LogP contribution in [0.25, 0.3) is 0 Å². The number of hydrogen-bond donors (Lipinski definition) is 2. The number of para-hydroxylation sites is 1. The Bertz CT molecular complexity index is 1460. The van der Waals surface area contributed by atoms with Gasteiger partial charge in [-0.2, -0.15) is 5.10 Å². The third-order valence-corrected chi connectivity index (χ3v) is 6.61. The van der Waals surface area contributed by atoms with Gasteiger partial charge in [-0.3, -0.25) is 25.2 Å². The molecule has 0 aliphatic rings. The van der Waals surface area contributed by atoms with Crippen LogP contribution < -0.4 is 10.1 Å². The van der Waals surface area contributed by atoms with Crippen molar-refractivity contribution in [3.63, 3.8) is 0 Å². The van der Waals surface area contributed by atoms with Gasteiger partial charge in [-0.15, -0.1) is 0 Å². The molecule has 1 aromatic heterocycles. The zero-order chi connectivity index (χ0) is 24.8. The zero-order valence-electron chi connectivity index (χ0n) is 18.0. The number of halogens is 1. The minimum atomic E-state index is -4.28. The average Bonchev–Trinajstić information content (AvgIpc) is 2.87. The van der Waals surface area contributed by atoms with Gasteiger partial charge in [-0.05, 0) is 30.3 Å². The number of non-ortho nitro benzene ring substituents is 1. The molecule has 0 unspecified atom stereocenters. The highest BCUT2D eigenvalue weighted by Crippen LogP contribution is 2.30. The van der Waals surface area contributed by atoms with Crippen molar-refractivity contribution >= 4 is 44.4 Å². The standard InChI is InChI=1S/C24H18ClN5O4S/c25-20-8-4-5-9-21(20)29-35(33,34)23-16-19(30(31)32)10-11-22(23)27-28-24(17-6-2-1-3-7-17)18-12-14-26-15-13-18/h1-16,27,29H. The van der Waals surface area contributed by atoms with E-state index in [2.05, 4.69) is 20.2 Å². The molecule has 9 nitrogen and oxygen atoms in total. The fourth-order valence-corrected chi connectivity index (χ4v) is 4.70. The summed E-state index contributed by atoms with van der Waals surface area (Å²) in [4.78, 5) is 14.3. The number of rotatable bonds is 8. The first-order chi connectivity index (χ1) is 16.8. The monoisotopic (exact) mass is 507 g/mol. The molecule has 0 aliphatic heterocycles. The van der Waals surface area contributed by atoms with Crippen molar-refractivity contribution in [2.75, 3.05) is 10.1 Å². The summed E-state index contributed by atoms with van der Waals surface area (Å²) in [5.74, 6) is 0. The Morgan fingerprint density at radius 1 is 0.886 bits per heavy atom. The lowest BCUT2D eigenvalue weighted by molar-refractivity contribution is -0.385. The molecule has 1 heterocycles. The van der Waals surface area contributed by atoms with Gasteiger partial charge in [0.05, 0.1) is 27.0 Å². The number of pyridine rings is 1. The number of benzene rings is 3. The van der Waals surface area contributed by atoms with Crippen molar-refractivity contribution in [3.05, 3.63) is 124 Å². The number of hydrogen-bond acceptors (Lipinski definition) is 7. The van der Waals surface area contributed by atoms with Gasteiger partial charge >= 0.3 is 0 Å². The summed E-state index contributed by atoms with van der Waals surface area (Å²) in [6, 6.07) is 22.5. The van der Waals surface area contributed by atoms with Crippen LogP contribution in [0.5, 0.6) is 0 Å². The molecule has 0 saturated heterocycles. The molecule has 11 heteroatoms. The van der Waals surface area contributed by atoms with Crippen molar-refractivity contribution in [1.29, 1.82) is 0 Å². The van der Waals surface area contributed by atoms with E-state index in [4.69, 9.17) is 11.6 Å². The highest BCUT2D eigenvalue weighted by atomic mass is 35.5. The maximum absolute atomic E-state index is 13.2. The summed E-state index contributed by atoms with van der Waals surface area (Å²) in [5.41, 5.74) is 4.59. The second-order valence-corrected chi connectivity index (χ2v) is 9.26. The Hall–Kier alpha value is -4.28. The molecule has 0 aliphatic carbocycles. The van der Waals surface area contributed by atoms with E-state index in [-0.39, 0.29) is 21.3 Å². The number of aromatic nitrogens is 1. The van der Waals surface area contributed by atoms with Gasteiger partial charge in [0.25, 0.3) is 15.7 Å². The lowest BCUT2D eigenvalue weighted by Gasteiger charge is -2.14. The Balaban J connectivity index is 1.79. The second kappa shape index (κ2) is 10.3. The quantitative estimate of drug-likeness (QED) is 0.189. The lowest BCUT2D eigenvalue weighted by Crippen LogP contribution is -2.16. The van der Waals surface area contributed by atoms with E-state index in [9.17, 15) is 18.5 Å². The maximum Gasteiger partial charge on any atom is 0.270 e. The molecule has 0 bridgehead atoms. The molecule has 0 saturated carbocycles. The van der Waals surface area contributed by atoms with E-state index in [1.165, 1.54) is 24.3 Å². The second-order valence-electron chi connectivity index (χ2n) is 7.20. The van der Waals surface area contributed by atoms with E-state index in [1.54, 1.807) is 36.7 Å².